The third kappa shape index (κ3) is 3.04. The Morgan fingerprint density at radius 2 is 1.73 bits per heavy atom. The first-order chi connectivity index (χ1) is 12.1. The van der Waals surface area contributed by atoms with E-state index in [9.17, 15) is 21.6 Å². The first-order valence-corrected chi connectivity index (χ1v) is 11.6. The van der Waals surface area contributed by atoms with Gasteiger partial charge in [-0.05, 0) is 25.5 Å². The lowest BCUT2D eigenvalue weighted by molar-refractivity contribution is 0.0771. The van der Waals surface area contributed by atoms with Crippen molar-refractivity contribution in [2.45, 2.75) is 36.6 Å². The molecule has 0 atom stereocenters. The summed E-state index contributed by atoms with van der Waals surface area (Å²) in [5.41, 5.74) is 0.822. The second kappa shape index (κ2) is 6.40. The fraction of sp³-hybridized carbons (Fsp3) is 0.312. The van der Waals surface area contributed by atoms with Gasteiger partial charge >= 0.3 is 0 Å². The zero-order chi connectivity index (χ0) is 19.3. The van der Waals surface area contributed by atoms with Crippen LogP contribution in [0.15, 0.2) is 40.3 Å². The van der Waals surface area contributed by atoms with Crippen molar-refractivity contribution in [3.05, 3.63) is 47.3 Å². The summed E-state index contributed by atoms with van der Waals surface area (Å²) in [5.74, 6) is -0.524. The summed E-state index contributed by atoms with van der Waals surface area (Å²) in [5, 5.41) is 0. The molecular weight excluding hydrogens is 400 g/mol. The molecule has 0 spiro atoms. The van der Waals surface area contributed by atoms with Gasteiger partial charge in [0.05, 0.1) is 4.90 Å². The summed E-state index contributed by atoms with van der Waals surface area (Å²) in [6.07, 6.45) is 1.58. The minimum absolute atomic E-state index is 0.0136. The molecule has 0 saturated heterocycles. The molecule has 0 N–H and O–H groups in total. The van der Waals surface area contributed by atoms with Crippen molar-refractivity contribution in [2.24, 2.45) is 0 Å². The minimum Gasteiger partial charge on any atom is -0.333 e. The van der Waals surface area contributed by atoms with E-state index in [1.54, 1.807) is 12.1 Å². The van der Waals surface area contributed by atoms with Gasteiger partial charge in [0.1, 0.15) is 10.6 Å². The van der Waals surface area contributed by atoms with Crippen molar-refractivity contribution < 1.29 is 21.6 Å². The van der Waals surface area contributed by atoms with Crippen molar-refractivity contribution >= 4 is 35.7 Å². The quantitative estimate of drug-likeness (QED) is 0.697. The van der Waals surface area contributed by atoms with Crippen LogP contribution in [0.2, 0.25) is 0 Å². The molecule has 1 aliphatic rings. The second-order valence-electron chi connectivity index (χ2n) is 6.10. The summed E-state index contributed by atoms with van der Waals surface area (Å²) in [6.45, 7) is 4.08. The van der Waals surface area contributed by atoms with Gasteiger partial charge in [0, 0.05) is 35.5 Å². The summed E-state index contributed by atoms with van der Waals surface area (Å²) in [7, 11) is -2.88. The van der Waals surface area contributed by atoms with E-state index in [-0.39, 0.29) is 27.6 Å². The van der Waals surface area contributed by atoms with E-state index in [0.717, 1.165) is 15.7 Å². The maximum Gasteiger partial charge on any atom is 0.272 e. The number of hydrogen-bond acceptors (Lipinski definition) is 5. The second-order valence-corrected chi connectivity index (χ2v) is 10.4. The number of benzene rings is 1. The standard InChI is InChI=1S/C16H17ClN2O5S2/c1-3-8-18-9-13-14(25(17,21)22)10-19(15(13)16(18)20)26(23,24)12-6-4-11(2)5-7-12/h4-7,10H,3,8-9H2,1-2H3. The Labute approximate surface area is 156 Å². The Balaban J connectivity index is 2.24. The molecule has 0 radical (unpaired) electrons. The summed E-state index contributed by atoms with van der Waals surface area (Å²) in [4.78, 5) is 13.7. The van der Waals surface area contributed by atoms with E-state index in [1.807, 2.05) is 13.8 Å². The number of aromatic nitrogens is 1. The van der Waals surface area contributed by atoms with Crippen LogP contribution in [0.25, 0.3) is 0 Å². The number of carbonyl (C=O) groups excluding carboxylic acids is 1. The molecule has 1 aromatic heterocycles. The van der Waals surface area contributed by atoms with Crippen LogP contribution < -0.4 is 0 Å². The van der Waals surface area contributed by atoms with Crippen LogP contribution in [0.4, 0.5) is 0 Å². The van der Waals surface area contributed by atoms with Crippen LogP contribution in [0.3, 0.4) is 0 Å². The van der Waals surface area contributed by atoms with E-state index < -0.39 is 25.0 Å². The molecule has 0 fully saturated rings. The van der Waals surface area contributed by atoms with Gasteiger partial charge in [0.2, 0.25) is 0 Å². The van der Waals surface area contributed by atoms with E-state index >= 15 is 0 Å². The van der Waals surface area contributed by atoms with Crippen molar-refractivity contribution in [1.82, 2.24) is 8.87 Å². The van der Waals surface area contributed by atoms with Crippen LogP contribution in [-0.2, 0) is 25.6 Å². The summed E-state index contributed by atoms with van der Waals surface area (Å²) < 4.78 is 50.6. The molecule has 2 heterocycles. The summed E-state index contributed by atoms with van der Waals surface area (Å²) >= 11 is 0. The Kier molecular flexibility index (Phi) is 4.66. The van der Waals surface area contributed by atoms with Gasteiger partial charge in [-0.25, -0.2) is 20.8 Å². The topological polar surface area (TPSA) is 93.5 Å². The number of amides is 1. The van der Waals surface area contributed by atoms with Crippen LogP contribution in [-0.4, -0.2) is 38.2 Å². The number of halogens is 1. The highest BCUT2D eigenvalue weighted by Gasteiger charge is 2.39. The highest BCUT2D eigenvalue weighted by Crippen LogP contribution is 2.34. The average Bonchev–Trinajstić information content (AvgIpc) is 3.07. The number of aryl methyl sites for hydroxylation is 1. The lowest BCUT2D eigenvalue weighted by Gasteiger charge is -2.15. The fourth-order valence-corrected chi connectivity index (χ4v) is 5.49. The highest BCUT2D eigenvalue weighted by atomic mass is 35.7. The third-order valence-corrected chi connectivity index (χ3v) is 7.26. The molecule has 2 aromatic rings. The Morgan fingerprint density at radius 1 is 1.12 bits per heavy atom. The number of nitrogens with zero attached hydrogens (tertiary/aromatic N) is 2. The number of carbonyl (C=O) groups is 1. The normalized spacial score (nSPS) is 14.7. The molecule has 7 nitrogen and oxygen atoms in total. The van der Waals surface area contributed by atoms with Crippen LogP contribution >= 0.6 is 10.7 Å². The van der Waals surface area contributed by atoms with Crippen molar-refractivity contribution in [3.8, 4) is 0 Å². The van der Waals surface area contributed by atoms with Crippen LogP contribution in [0.1, 0.15) is 35.0 Å². The molecule has 1 aromatic carbocycles. The van der Waals surface area contributed by atoms with Gasteiger partial charge in [-0.3, -0.25) is 4.79 Å². The van der Waals surface area contributed by atoms with E-state index in [4.69, 9.17) is 10.7 Å². The molecule has 0 unspecified atom stereocenters. The molecule has 0 saturated carbocycles. The van der Waals surface area contributed by atoms with Crippen molar-refractivity contribution in [3.63, 3.8) is 0 Å². The Morgan fingerprint density at radius 3 is 2.27 bits per heavy atom. The molecule has 1 amide bonds. The van der Waals surface area contributed by atoms with Gasteiger partial charge in [0.15, 0.2) is 0 Å². The van der Waals surface area contributed by atoms with Crippen molar-refractivity contribution in [2.75, 3.05) is 6.54 Å². The van der Waals surface area contributed by atoms with Crippen molar-refractivity contribution in [1.29, 1.82) is 0 Å². The first kappa shape index (κ1) is 18.9. The number of hydrogen-bond donors (Lipinski definition) is 0. The largest absolute Gasteiger partial charge is 0.333 e. The molecule has 0 bridgehead atoms. The minimum atomic E-state index is -4.21. The van der Waals surface area contributed by atoms with Crippen LogP contribution in [0.5, 0.6) is 0 Å². The van der Waals surface area contributed by atoms with Gasteiger partial charge in [-0.1, -0.05) is 24.6 Å². The van der Waals surface area contributed by atoms with Gasteiger partial charge < -0.3 is 4.90 Å². The van der Waals surface area contributed by atoms with Gasteiger partial charge in [-0.2, -0.15) is 0 Å². The summed E-state index contributed by atoms with van der Waals surface area (Å²) in [6, 6.07) is 6.08. The number of rotatable bonds is 5. The maximum atomic E-state index is 13.0. The van der Waals surface area contributed by atoms with Crippen LogP contribution in [0, 0.1) is 6.92 Å². The smallest absolute Gasteiger partial charge is 0.272 e. The van der Waals surface area contributed by atoms with E-state index in [0.29, 0.717) is 13.0 Å². The third-order valence-electron chi connectivity index (χ3n) is 4.21. The van der Waals surface area contributed by atoms with E-state index in [1.165, 1.54) is 17.0 Å². The molecular formula is C16H17ClN2O5S2. The fourth-order valence-electron chi connectivity index (χ4n) is 2.96. The molecule has 3 rings (SSSR count). The Bertz CT molecular complexity index is 1090. The molecule has 140 valence electrons. The van der Waals surface area contributed by atoms with E-state index in [2.05, 4.69) is 0 Å². The first-order valence-electron chi connectivity index (χ1n) is 7.87. The van der Waals surface area contributed by atoms with Gasteiger partial charge in [0.25, 0.3) is 25.0 Å². The SMILES string of the molecule is CCCN1Cc2c(S(=O)(=O)Cl)cn(S(=O)(=O)c3ccc(C)cc3)c2C1=O. The number of fused-ring (bicyclic) bond motifs is 1. The Hall–Kier alpha value is -1.84. The zero-order valence-corrected chi connectivity index (χ0v) is 16.5. The molecule has 1 aliphatic heterocycles. The lowest BCUT2D eigenvalue weighted by atomic mass is 10.2. The molecule has 10 heteroatoms. The molecule has 0 aliphatic carbocycles. The average molecular weight is 417 g/mol. The zero-order valence-electron chi connectivity index (χ0n) is 14.1. The lowest BCUT2D eigenvalue weighted by Crippen LogP contribution is -2.27. The molecule has 26 heavy (non-hydrogen) atoms. The van der Waals surface area contributed by atoms with Gasteiger partial charge in [-0.15, -0.1) is 0 Å². The predicted octanol–water partition coefficient (Wildman–Crippen LogP) is 2.33. The highest BCUT2D eigenvalue weighted by molar-refractivity contribution is 8.13. The monoisotopic (exact) mass is 416 g/mol. The predicted molar refractivity (Wildman–Crippen MR) is 96.3 cm³/mol. The maximum absolute atomic E-state index is 13.0.